The zero-order valence-corrected chi connectivity index (χ0v) is 17.0. The molecule has 1 fully saturated rings. The molecule has 2 N–H and O–H groups in total. The lowest BCUT2D eigenvalue weighted by Gasteiger charge is -2.34. The molecule has 0 radical (unpaired) electrons. The second-order valence-corrected chi connectivity index (χ2v) is 7.54. The molecule has 164 valence electrons. The number of carboxylic acids is 1. The molecule has 0 saturated carbocycles. The fourth-order valence-electron chi connectivity index (χ4n) is 3.56. The molecule has 1 aliphatic heterocycles. The number of nitrogens with zero attached hydrogens (tertiary/aromatic N) is 3. The van der Waals surface area contributed by atoms with Crippen molar-refractivity contribution < 1.29 is 24.7 Å². The van der Waals surface area contributed by atoms with E-state index in [0.717, 1.165) is 32.1 Å². The summed E-state index contributed by atoms with van der Waals surface area (Å²) in [6, 6.07) is 2.82. The Kier molecular flexibility index (Phi) is 9.40. The first-order chi connectivity index (χ1) is 14.4. The van der Waals surface area contributed by atoms with Crippen LogP contribution in [-0.2, 0) is 16.0 Å². The first-order valence-electron chi connectivity index (χ1n) is 10.3. The molecule has 1 aromatic rings. The molecule has 0 aliphatic carbocycles. The lowest BCUT2D eigenvalue weighted by molar-refractivity contribution is -0.389. The molecule has 9 heteroatoms. The third-order valence-corrected chi connectivity index (χ3v) is 5.15. The van der Waals surface area contributed by atoms with Gasteiger partial charge in [-0.2, -0.15) is 0 Å². The van der Waals surface area contributed by atoms with Gasteiger partial charge in [-0.1, -0.05) is 25.0 Å². The molecular weight excluding hydrogens is 390 g/mol. The SMILES string of the molecule is O=C(O)CCCCCCN1C(=O)CCC[C@@H]1/C=C/C(O)Cc1ccc([N+](=O)[O-])nc1. The average Bonchev–Trinajstić information content (AvgIpc) is 2.70. The molecule has 1 aromatic heterocycles. The number of aliphatic hydroxyl groups excluding tert-OH is 1. The van der Waals surface area contributed by atoms with Crippen LogP contribution in [-0.4, -0.2) is 55.6 Å². The van der Waals surface area contributed by atoms with Gasteiger partial charge < -0.3 is 25.2 Å². The maximum absolute atomic E-state index is 12.3. The van der Waals surface area contributed by atoms with Crippen LogP contribution in [0.4, 0.5) is 5.82 Å². The van der Waals surface area contributed by atoms with E-state index in [4.69, 9.17) is 5.11 Å². The fraction of sp³-hybridized carbons (Fsp3) is 0.571. The number of carboxylic acid groups (broad SMARTS) is 1. The monoisotopic (exact) mass is 419 g/mol. The third-order valence-electron chi connectivity index (χ3n) is 5.15. The van der Waals surface area contributed by atoms with Gasteiger partial charge in [0, 0.05) is 31.9 Å². The number of carbonyl (C=O) groups is 2. The van der Waals surface area contributed by atoms with Gasteiger partial charge in [0.05, 0.1) is 12.1 Å². The minimum Gasteiger partial charge on any atom is -0.481 e. The van der Waals surface area contributed by atoms with E-state index < -0.39 is 17.0 Å². The molecule has 0 aromatic carbocycles. The van der Waals surface area contributed by atoms with Gasteiger partial charge in [0.2, 0.25) is 5.91 Å². The molecule has 0 spiro atoms. The zero-order valence-electron chi connectivity index (χ0n) is 17.0. The highest BCUT2D eigenvalue weighted by molar-refractivity contribution is 5.77. The first-order valence-corrected chi connectivity index (χ1v) is 10.3. The summed E-state index contributed by atoms with van der Waals surface area (Å²) in [7, 11) is 0. The predicted molar refractivity (Wildman–Crippen MR) is 110 cm³/mol. The van der Waals surface area contributed by atoms with E-state index in [0.29, 0.717) is 24.9 Å². The lowest BCUT2D eigenvalue weighted by atomic mass is 9.99. The summed E-state index contributed by atoms with van der Waals surface area (Å²) in [6.07, 6.45) is 9.97. The Bertz CT molecular complexity index is 750. The smallest absolute Gasteiger partial charge is 0.363 e. The number of aliphatic carboxylic acids is 1. The number of hydrogen-bond donors (Lipinski definition) is 2. The quantitative estimate of drug-likeness (QED) is 0.230. The molecule has 2 heterocycles. The van der Waals surface area contributed by atoms with E-state index in [1.807, 2.05) is 11.0 Å². The average molecular weight is 419 g/mol. The van der Waals surface area contributed by atoms with Crippen LogP contribution in [0.1, 0.15) is 56.9 Å². The number of amides is 1. The molecule has 1 aliphatic rings. The topological polar surface area (TPSA) is 134 Å². The van der Waals surface area contributed by atoms with Gasteiger partial charge in [-0.15, -0.1) is 0 Å². The molecule has 30 heavy (non-hydrogen) atoms. The van der Waals surface area contributed by atoms with E-state index in [-0.39, 0.29) is 30.6 Å². The molecule has 1 unspecified atom stereocenters. The van der Waals surface area contributed by atoms with Crippen LogP contribution in [0.2, 0.25) is 0 Å². The van der Waals surface area contributed by atoms with Crippen molar-refractivity contribution in [2.75, 3.05) is 6.54 Å². The molecule has 2 atom stereocenters. The van der Waals surface area contributed by atoms with Crippen LogP contribution < -0.4 is 0 Å². The van der Waals surface area contributed by atoms with Crippen molar-refractivity contribution in [2.45, 2.75) is 69.9 Å². The second kappa shape index (κ2) is 12.0. The normalized spacial score (nSPS) is 18.0. The Morgan fingerprint density at radius 3 is 2.77 bits per heavy atom. The number of piperidine rings is 1. The van der Waals surface area contributed by atoms with Crippen molar-refractivity contribution >= 4 is 17.7 Å². The minimum absolute atomic E-state index is 0.0603. The molecule has 2 rings (SSSR count). The number of likely N-dealkylation sites (tertiary alicyclic amines) is 1. The summed E-state index contributed by atoms with van der Waals surface area (Å²) >= 11 is 0. The number of carbonyl (C=O) groups excluding carboxylic acids is 1. The third kappa shape index (κ3) is 7.90. The van der Waals surface area contributed by atoms with Gasteiger partial charge in [-0.05, 0) is 47.2 Å². The summed E-state index contributed by atoms with van der Waals surface area (Å²) in [4.78, 5) is 38.5. The van der Waals surface area contributed by atoms with Gasteiger partial charge in [0.1, 0.15) is 6.20 Å². The number of aliphatic hydroxyl groups is 1. The van der Waals surface area contributed by atoms with Crippen LogP contribution in [0.25, 0.3) is 0 Å². The molecular formula is C21H29N3O6. The van der Waals surface area contributed by atoms with Crippen molar-refractivity contribution in [3.8, 4) is 0 Å². The van der Waals surface area contributed by atoms with E-state index in [9.17, 15) is 24.8 Å². The Morgan fingerprint density at radius 2 is 2.10 bits per heavy atom. The van der Waals surface area contributed by atoms with Crippen LogP contribution in [0, 0.1) is 10.1 Å². The maximum Gasteiger partial charge on any atom is 0.363 e. The highest BCUT2D eigenvalue weighted by atomic mass is 16.6. The summed E-state index contributed by atoms with van der Waals surface area (Å²) in [6.45, 7) is 0.628. The maximum atomic E-state index is 12.3. The Balaban J connectivity index is 1.83. The zero-order chi connectivity index (χ0) is 21.9. The van der Waals surface area contributed by atoms with Gasteiger partial charge in [-0.25, -0.2) is 0 Å². The molecule has 1 amide bonds. The lowest BCUT2D eigenvalue weighted by Crippen LogP contribution is -2.43. The Labute approximate surface area is 175 Å². The number of pyridine rings is 1. The van der Waals surface area contributed by atoms with Gasteiger partial charge in [-0.3, -0.25) is 9.59 Å². The Morgan fingerprint density at radius 1 is 1.33 bits per heavy atom. The van der Waals surface area contributed by atoms with Gasteiger partial charge >= 0.3 is 11.8 Å². The standard InChI is InChI=1S/C21H29N3O6/c25-18(14-16-9-12-19(22-15-16)24(29)30)11-10-17-6-5-7-20(26)23(17)13-4-2-1-3-8-21(27)28/h9-12,15,17-18,25H,1-8,13-14H2,(H,27,28)/b11-10+/t17-,18?/m1/s1. The molecule has 9 nitrogen and oxygen atoms in total. The van der Waals surface area contributed by atoms with Crippen LogP contribution >= 0.6 is 0 Å². The van der Waals surface area contributed by atoms with Crippen LogP contribution in [0.5, 0.6) is 0 Å². The summed E-state index contributed by atoms with van der Waals surface area (Å²) < 4.78 is 0. The number of hydrogen-bond acceptors (Lipinski definition) is 6. The summed E-state index contributed by atoms with van der Waals surface area (Å²) in [5.41, 5.74) is 0.690. The van der Waals surface area contributed by atoms with Crippen LogP contribution in [0.3, 0.4) is 0 Å². The predicted octanol–water partition coefficient (Wildman–Crippen LogP) is 2.87. The van der Waals surface area contributed by atoms with Crippen molar-refractivity contribution in [3.05, 3.63) is 46.2 Å². The van der Waals surface area contributed by atoms with E-state index >= 15 is 0 Å². The van der Waals surface area contributed by atoms with Crippen molar-refractivity contribution in [1.29, 1.82) is 0 Å². The van der Waals surface area contributed by atoms with E-state index in [1.165, 1.54) is 12.3 Å². The van der Waals surface area contributed by atoms with Crippen LogP contribution in [0.15, 0.2) is 30.5 Å². The number of aromatic nitrogens is 1. The van der Waals surface area contributed by atoms with Gasteiger partial charge in [0.15, 0.2) is 0 Å². The number of rotatable bonds is 12. The number of unbranched alkanes of at least 4 members (excludes halogenated alkanes) is 3. The fourth-order valence-corrected chi connectivity index (χ4v) is 3.56. The molecule has 0 bridgehead atoms. The summed E-state index contributed by atoms with van der Waals surface area (Å²) in [5.74, 6) is -0.909. The Hall–Kier alpha value is -2.81. The van der Waals surface area contributed by atoms with E-state index in [2.05, 4.69) is 4.98 Å². The van der Waals surface area contributed by atoms with Crippen molar-refractivity contribution in [2.24, 2.45) is 0 Å². The largest absolute Gasteiger partial charge is 0.481 e. The van der Waals surface area contributed by atoms with Crippen molar-refractivity contribution in [3.63, 3.8) is 0 Å². The summed E-state index contributed by atoms with van der Waals surface area (Å²) in [5, 5.41) is 29.6. The highest BCUT2D eigenvalue weighted by Crippen LogP contribution is 2.21. The van der Waals surface area contributed by atoms with Crippen molar-refractivity contribution in [1.82, 2.24) is 9.88 Å². The van der Waals surface area contributed by atoms with E-state index in [1.54, 1.807) is 12.1 Å². The minimum atomic E-state index is -0.783. The number of nitro groups is 1. The molecule has 1 saturated heterocycles. The first kappa shape index (κ1) is 23.5. The highest BCUT2D eigenvalue weighted by Gasteiger charge is 2.25. The van der Waals surface area contributed by atoms with Gasteiger partial charge in [0.25, 0.3) is 0 Å². The second-order valence-electron chi connectivity index (χ2n) is 7.54.